The maximum absolute atomic E-state index is 10.3. The molecule has 0 spiro atoms. The molecule has 0 aromatic heterocycles. The summed E-state index contributed by atoms with van der Waals surface area (Å²) in [5.41, 5.74) is -0.569. The number of aliphatic hydroxyl groups is 1. The Morgan fingerprint density at radius 2 is 1.88 bits per heavy atom. The second-order valence-corrected chi connectivity index (χ2v) is 6.46. The highest BCUT2D eigenvalue weighted by molar-refractivity contribution is 4.81. The molecule has 1 atom stereocenters. The van der Waals surface area contributed by atoms with Crippen LogP contribution in [-0.4, -0.2) is 60.8 Å². The first-order valence-corrected chi connectivity index (χ1v) is 6.90. The fourth-order valence-corrected chi connectivity index (χ4v) is 2.48. The lowest BCUT2D eigenvalue weighted by molar-refractivity contribution is -0.0173. The maximum Gasteiger partial charge on any atom is 0.0768 e. The van der Waals surface area contributed by atoms with Crippen molar-refractivity contribution in [3.8, 4) is 0 Å². The lowest BCUT2D eigenvalue weighted by atomic mass is 9.91. The van der Waals surface area contributed by atoms with Crippen LogP contribution in [-0.2, 0) is 0 Å². The van der Waals surface area contributed by atoms with Gasteiger partial charge >= 0.3 is 0 Å². The largest absolute Gasteiger partial charge is 0.389 e. The molecule has 0 saturated carbocycles. The Kier molecular flexibility index (Phi) is 5.42. The van der Waals surface area contributed by atoms with Gasteiger partial charge in [0.1, 0.15) is 0 Å². The summed E-state index contributed by atoms with van der Waals surface area (Å²) in [5.74, 6) is 1.11. The lowest BCUT2D eigenvalue weighted by Crippen LogP contribution is -2.45. The summed E-state index contributed by atoms with van der Waals surface area (Å²) in [6.07, 6.45) is 2.59. The average molecular weight is 242 g/mol. The highest BCUT2D eigenvalue weighted by Crippen LogP contribution is 2.20. The minimum Gasteiger partial charge on any atom is -0.389 e. The number of rotatable bonds is 5. The Labute approximate surface area is 107 Å². The minimum atomic E-state index is -0.569. The van der Waals surface area contributed by atoms with Gasteiger partial charge in [-0.05, 0) is 58.8 Å². The van der Waals surface area contributed by atoms with Crippen molar-refractivity contribution in [3.63, 3.8) is 0 Å². The molecule has 0 amide bonds. The van der Waals surface area contributed by atoms with Crippen molar-refractivity contribution in [2.45, 2.75) is 39.2 Å². The smallest absolute Gasteiger partial charge is 0.0768 e. The quantitative estimate of drug-likeness (QED) is 0.794. The zero-order valence-corrected chi connectivity index (χ0v) is 12.2. The van der Waals surface area contributed by atoms with Crippen molar-refractivity contribution >= 4 is 0 Å². The average Bonchev–Trinajstić information content (AvgIpc) is 2.20. The SMILES string of the molecule is CC(C)C(C)(O)CN(C)CC1CCN(C)CC1. The van der Waals surface area contributed by atoms with E-state index in [-0.39, 0.29) is 0 Å². The highest BCUT2D eigenvalue weighted by atomic mass is 16.3. The first-order chi connectivity index (χ1) is 7.81. The van der Waals surface area contributed by atoms with Crippen molar-refractivity contribution < 1.29 is 5.11 Å². The number of hydrogen-bond donors (Lipinski definition) is 1. The third-order valence-corrected chi connectivity index (χ3v) is 4.24. The van der Waals surface area contributed by atoms with E-state index in [1.165, 1.54) is 25.9 Å². The summed E-state index contributed by atoms with van der Waals surface area (Å²) in [5, 5.41) is 10.3. The van der Waals surface area contributed by atoms with E-state index in [2.05, 4.69) is 37.7 Å². The van der Waals surface area contributed by atoms with Gasteiger partial charge in [-0.1, -0.05) is 13.8 Å². The number of hydrogen-bond acceptors (Lipinski definition) is 3. The Morgan fingerprint density at radius 3 is 2.35 bits per heavy atom. The molecule has 1 heterocycles. The molecule has 1 aliphatic heterocycles. The molecule has 1 unspecified atom stereocenters. The third-order valence-electron chi connectivity index (χ3n) is 4.24. The maximum atomic E-state index is 10.3. The molecule has 1 aliphatic rings. The fraction of sp³-hybridized carbons (Fsp3) is 1.00. The second kappa shape index (κ2) is 6.17. The minimum absolute atomic E-state index is 0.308. The molecular formula is C14H30N2O. The Bertz CT molecular complexity index is 220. The van der Waals surface area contributed by atoms with Gasteiger partial charge in [0, 0.05) is 13.1 Å². The van der Waals surface area contributed by atoms with Crippen LogP contribution in [0.25, 0.3) is 0 Å². The van der Waals surface area contributed by atoms with Crippen molar-refractivity contribution in [2.75, 3.05) is 40.3 Å². The first kappa shape index (κ1) is 14.9. The molecule has 1 N–H and O–H groups in total. The molecule has 0 aliphatic carbocycles. The van der Waals surface area contributed by atoms with Gasteiger partial charge in [-0.3, -0.25) is 0 Å². The normalized spacial score (nSPS) is 23.3. The molecular weight excluding hydrogens is 212 g/mol. The number of likely N-dealkylation sites (N-methyl/N-ethyl adjacent to an activating group) is 1. The number of piperidine rings is 1. The lowest BCUT2D eigenvalue weighted by Gasteiger charge is -2.36. The van der Waals surface area contributed by atoms with E-state index in [1.807, 2.05) is 6.92 Å². The van der Waals surface area contributed by atoms with Gasteiger partial charge < -0.3 is 14.9 Å². The van der Waals surface area contributed by atoms with Gasteiger partial charge in [-0.2, -0.15) is 0 Å². The predicted molar refractivity (Wildman–Crippen MR) is 73.2 cm³/mol. The van der Waals surface area contributed by atoms with E-state index in [4.69, 9.17) is 0 Å². The van der Waals surface area contributed by atoms with Gasteiger partial charge in [0.15, 0.2) is 0 Å². The molecule has 0 aromatic rings. The summed E-state index contributed by atoms with van der Waals surface area (Å²) >= 11 is 0. The van der Waals surface area contributed by atoms with E-state index in [1.54, 1.807) is 0 Å². The van der Waals surface area contributed by atoms with E-state index in [0.717, 1.165) is 19.0 Å². The van der Waals surface area contributed by atoms with E-state index >= 15 is 0 Å². The van der Waals surface area contributed by atoms with Crippen LogP contribution in [0.1, 0.15) is 33.6 Å². The van der Waals surface area contributed by atoms with E-state index in [0.29, 0.717) is 5.92 Å². The molecule has 17 heavy (non-hydrogen) atoms. The van der Waals surface area contributed by atoms with Crippen LogP contribution in [0.15, 0.2) is 0 Å². The Morgan fingerprint density at radius 1 is 1.35 bits per heavy atom. The summed E-state index contributed by atoms with van der Waals surface area (Å²) in [4.78, 5) is 4.71. The van der Waals surface area contributed by atoms with Crippen molar-refractivity contribution in [1.82, 2.24) is 9.80 Å². The van der Waals surface area contributed by atoms with Gasteiger partial charge in [-0.15, -0.1) is 0 Å². The molecule has 1 fully saturated rings. The molecule has 0 aromatic carbocycles. The van der Waals surface area contributed by atoms with E-state index < -0.39 is 5.60 Å². The highest BCUT2D eigenvalue weighted by Gasteiger charge is 2.27. The van der Waals surface area contributed by atoms with E-state index in [9.17, 15) is 5.11 Å². The second-order valence-electron chi connectivity index (χ2n) is 6.46. The summed E-state index contributed by atoms with van der Waals surface area (Å²) in [7, 11) is 4.33. The van der Waals surface area contributed by atoms with Crippen LogP contribution in [0.5, 0.6) is 0 Å². The molecule has 0 radical (unpaired) electrons. The van der Waals surface area contributed by atoms with Crippen molar-refractivity contribution in [1.29, 1.82) is 0 Å². The number of likely N-dealkylation sites (tertiary alicyclic amines) is 1. The molecule has 3 nitrogen and oxygen atoms in total. The van der Waals surface area contributed by atoms with Crippen LogP contribution in [0.4, 0.5) is 0 Å². The third kappa shape index (κ3) is 4.94. The van der Waals surface area contributed by atoms with Crippen molar-refractivity contribution in [2.24, 2.45) is 11.8 Å². The molecule has 102 valence electrons. The molecule has 1 saturated heterocycles. The Hall–Kier alpha value is -0.120. The first-order valence-electron chi connectivity index (χ1n) is 6.90. The van der Waals surface area contributed by atoms with Gasteiger partial charge in [-0.25, -0.2) is 0 Å². The van der Waals surface area contributed by atoms with Crippen LogP contribution >= 0.6 is 0 Å². The van der Waals surface area contributed by atoms with Crippen LogP contribution in [0, 0.1) is 11.8 Å². The predicted octanol–water partition coefficient (Wildman–Crippen LogP) is 1.67. The van der Waals surface area contributed by atoms with Gasteiger partial charge in [0.05, 0.1) is 5.60 Å². The van der Waals surface area contributed by atoms with Crippen LogP contribution in [0.3, 0.4) is 0 Å². The van der Waals surface area contributed by atoms with Crippen LogP contribution < -0.4 is 0 Å². The molecule has 1 rings (SSSR count). The standard InChI is InChI=1S/C14H30N2O/c1-12(2)14(3,17)11-16(5)10-13-6-8-15(4)9-7-13/h12-13,17H,6-11H2,1-5H3. The fourth-order valence-electron chi connectivity index (χ4n) is 2.48. The number of nitrogens with zero attached hydrogens (tertiary/aromatic N) is 2. The van der Waals surface area contributed by atoms with Gasteiger partial charge in [0.2, 0.25) is 0 Å². The topological polar surface area (TPSA) is 26.7 Å². The summed E-state index contributed by atoms with van der Waals surface area (Å²) in [6, 6.07) is 0. The van der Waals surface area contributed by atoms with Crippen LogP contribution in [0.2, 0.25) is 0 Å². The Balaban J connectivity index is 2.32. The van der Waals surface area contributed by atoms with Crippen molar-refractivity contribution in [3.05, 3.63) is 0 Å². The molecule has 3 heteroatoms. The monoisotopic (exact) mass is 242 g/mol. The summed E-state index contributed by atoms with van der Waals surface area (Å²) < 4.78 is 0. The zero-order chi connectivity index (χ0) is 13.1. The zero-order valence-electron chi connectivity index (χ0n) is 12.2. The van der Waals surface area contributed by atoms with Gasteiger partial charge in [0.25, 0.3) is 0 Å². The summed E-state index contributed by atoms with van der Waals surface area (Å²) in [6.45, 7) is 10.5. The molecule has 0 bridgehead atoms.